The molecular formula is C16H18N2O. The van der Waals surface area contributed by atoms with Gasteiger partial charge in [-0.15, -0.1) is 0 Å². The monoisotopic (exact) mass is 254 g/mol. The Kier molecular flexibility index (Phi) is 4.29. The fraction of sp³-hybridized carbons (Fsp3) is 0.250. The molecule has 1 heterocycles. The number of amides is 1. The van der Waals surface area contributed by atoms with Gasteiger partial charge in [0.05, 0.1) is 0 Å². The second-order valence-electron chi connectivity index (χ2n) is 4.49. The highest BCUT2D eigenvalue weighted by atomic mass is 16.2. The molecule has 0 saturated heterocycles. The summed E-state index contributed by atoms with van der Waals surface area (Å²) in [5, 5.41) is 0. The fourth-order valence-corrected chi connectivity index (χ4v) is 2.02. The lowest BCUT2D eigenvalue weighted by molar-refractivity contribution is 0.0752. The standard InChI is InChI=1S/C16H18N2O/c1-3-18(12-14-8-10-17-11-9-14)16(19)15-7-5-4-6-13(15)2/h4-11H,3,12H2,1-2H3. The van der Waals surface area contributed by atoms with Gasteiger partial charge in [-0.05, 0) is 43.2 Å². The second kappa shape index (κ2) is 6.14. The minimum absolute atomic E-state index is 0.0809. The Balaban J connectivity index is 2.18. The summed E-state index contributed by atoms with van der Waals surface area (Å²) < 4.78 is 0. The highest BCUT2D eigenvalue weighted by molar-refractivity contribution is 5.95. The van der Waals surface area contributed by atoms with Crippen molar-refractivity contribution in [3.8, 4) is 0 Å². The maximum absolute atomic E-state index is 12.5. The number of carbonyl (C=O) groups excluding carboxylic acids is 1. The molecular weight excluding hydrogens is 236 g/mol. The molecule has 0 aliphatic carbocycles. The fourth-order valence-electron chi connectivity index (χ4n) is 2.02. The molecule has 1 aromatic heterocycles. The molecule has 0 unspecified atom stereocenters. The van der Waals surface area contributed by atoms with Gasteiger partial charge in [-0.25, -0.2) is 0 Å². The van der Waals surface area contributed by atoms with Crippen LogP contribution < -0.4 is 0 Å². The number of nitrogens with zero attached hydrogens (tertiary/aromatic N) is 2. The van der Waals surface area contributed by atoms with Crippen LogP contribution in [-0.2, 0) is 6.54 Å². The molecule has 98 valence electrons. The third-order valence-electron chi connectivity index (χ3n) is 3.17. The molecule has 0 radical (unpaired) electrons. The van der Waals surface area contributed by atoms with E-state index in [1.807, 2.05) is 55.1 Å². The zero-order valence-corrected chi connectivity index (χ0v) is 11.3. The van der Waals surface area contributed by atoms with Crippen LogP contribution in [0.15, 0.2) is 48.8 Å². The summed E-state index contributed by atoms with van der Waals surface area (Å²) in [7, 11) is 0. The van der Waals surface area contributed by atoms with Crippen molar-refractivity contribution in [1.82, 2.24) is 9.88 Å². The smallest absolute Gasteiger partial charge is 0.254 e. The molecule has 0 N–H and O–H groups in total. The quantitative estimate of drug-likeness (QED) is 0.840. The topological polar surface area (TPSA) is 33.2 Å². The summed E-state index contributed by atoms with van der Waals surface area (Å²) in [5.74, 6) is 0.0809. The van der Waals surface area contributed by atoms with Gasteiger partial charge in [0.1, 0.15) is 0 Å². The van der Waals surface area contributed by atoms with Crippen molar-refractivity contribution in [2.24, 2.45) is 0 Å². The Morgan fingerprint density at radius 1 is 1.16 bits per heavy atom. The maximum atomic E-state index is 12.5. The maximum Gasteiger partial charge on any atom is 0.254 e. The number of pyridine rings is 1. The summed E-state index contributed by atoms with van der Waals surface area (Å²) in [4.78, 5) is 18.3. The van der Waals surface area contributed by atoms with Gasteiger partial charge in [-0.2, -0.15) is 0 Å². The molecule has 0 saturated carbocycles. The lowest BCUT2D eigenvalue weighted by Crippen LogP contribution is -2.30. The summed E-state index contributed by atoms with van der Waals surface area (Å²) in [6.07, 6.45) is 3.50. The van der Waals surface area contributed by atoms with Gasteiger partial charge in [-0.3, -0.25) is 9.78 Å². The number of carbonyl (C=O) groups is 1. The van der Waals surface area contributed by atoms with E-state index in [0.29, 0.717) is 13.1 Å². The highest BCUT2D eigenvalue weighted by Gasteiger charge is 2.15. The lowest BCUT2D eigenvalue weighted by Gasteiger charge is -2.21. The molecule has 0 fully saturated rings. The van der Waals surface area contributed by atoms with E-state index in [0.717, 1.165) is 16.7 Å². The minimum Gasteiger partial charge on any atom is -0.335 e. The number of rotatable bonds is 4. The summed E-state index contributed by atoms with van der Waals surface area (Å²) >= 11 is 0. The SMILES string of the molecule is CCN(Cc1ccncc1)C(=O)c1ccccc1C. The molecule has 1 aromatic carbocycles. The van der Waals surface area contributed by atoms with Crippen LogP contribution in [0.5, 0.6) is 0 Å². The van der Waals surface area contributed by atoms with E-state index in [-0.39, 0.29) is 5.91 Å². The van der Waals surface area contributed by atoms with Crippen molar-refractivity contribution in [3.05, 3.63) is 65.5 Å². The first-order valence-corrected chi connectivity index (χ1v) is 6.46. The van der Waals surface area contributed by atoms with Crippen LogP contribution in [0.4, 0.5) is 0 Å². The predicted molar refractivity (Wildman–Crippen MR) is 75.8 cm³/mol. The zero-order valence-electron chi connectivity index (χ0n) is 11.3. The summed E-state index contributed by atoms with van der Waals surface area (Å²) in [5.41, 5.74) is 2.89. The normalized spacial score (nSPS) is 10.2. The molecule has 3 nitrogen and oxygen atoms in total. The zero-order chi connectivity index (χ0) is 13.7. The lowest BCUT2D eigenvalue weighted by atomic mass is 10.1. The summed E-state index contributed by atoms with van der Waals surface area (Å²) in [6, 6.07) is 11.6. The summed E-state index contributed by atoms with van der Waals surface area (Å²) in [6.45, 7) is 5.27. The van der Waals surface area contributed by atoms with E-state index < -0.39 is 0 Å². The van der Waals surface area contributed by atoms with Crippen LogP contribution in [0.25, 0.3) is 0 Å². The number of benzene rings is 1. The number of aromatic nitrogens is 1. The van der Waals surface area contributed by atoms with Crippen LogP contribution in [0.3, 0.4) is 0 Å². The van der Waals surface area contributed by atoms with Gasteiger partial charge in [0.15, 0.2) is 0 Å². The number of hydrogen-bond donors (Lipinski definition) is 0. The van der Waals surface area contributed by atoms with E-state index in [1.165, 1.54) is 0 Å². The van der Waals surface area contributed by atoms with Crippen LogP contribution in [0.1, 0.15) is 28.4 Å². The molecule has 0 spiro atoms. The molecule has 19 heavy (non-hydrogen) atoms. The van der Waals surface area contributed by atoms with Crippen molar-refractivity contribution in [2.75, 3.05) is 6.54 Å². The Morgan fingerprint density at radius 3 is 2.47 bits per heavy atom. The van der Waals surface area contributed by atoms with Gasteiger partial charge in [0, 0.05) is 31.0 Å². The first-order chi connectivity index (χ1) is 9.22. The first kappa shape index (κ1) is 13.3. The van der Waals surface area contributed by atoms with Crippen LogP contribution >= 0.6 is 0 Å². The molecule has 3 heteroatoms. The van der Waals surface area contributed by atoms with Gasteiger partial charge >= 0.3 is 0 Å². The Hall–Kier alpha value is -2.16. The second-order valence-corrected chi connectivity index (χ2v) is 4.49. The number of aryl methyl sites for hydroxylation is 1. The van der Waals surface area contributed by atoms with Crippen molar-refractivity contribution >= 4 is 5.91 Å². The molecule has 0 atom stereocenters. The van der Waals surface area contributed by atoms with Gasteiger partial charge < -0.3 is 4.90 Å². The Bertz CT molecular complexity index is 552. The van der Waals surface area contributed by atoms with Crippen LogP contribution in [0, 0.1) is 6.92 Å². The van der Waals surface area contributed by atoms with Gasteiger partial charge in [-0.1, -0.05) is 18.2 Å². The highest BCUT2D eigenvalue weighted by Crippen LogP contribution is 2.13. The third-order valence-corrected chi connectivity index (χ3v) is 3.17. The van der Waals surface area contributed by atoms with E-state index in [4.69, 9.17) is 0 Å². The predicted octanol–water partition coefficient (Wildman–Crippen LogP) is 3.05. The van der Waals surface area contributed by atoms with Gasteiger partial charge in [0.25, 0.3) is 5.91 Å². The van der Waals surface area contributed by atoms with Gasteiger partial charge in [0.2, 0.25) is 0 Å². The van der Waals surface area contributed by atoms with E-state index in [1.54, 1.807) is 12.4 Å². The minimum atomic E-state index is 0.0809. The molecule has 0 aliphatic heterocycles. The van der Waals surface area contributed by atoms with Crippen molar-refractivity contribution in [2.45, 2.75) is 20.4 Å². The van der Waals surface area contributed by atoms with E-state index in [2.05, 4.69) is 4.98 Å². The Labute approximate surface area is 113 Å². The molecule has 2 aromatic rings. The third kappa shape index (κ3) is 3.19. The van der Waals surface area contributed by atoms with Crippen molar-refractivity contribution < 1.29 is 4.79 Å². The molecule has 2 rings (SSSR count). The van der Waals surface area contributed by atoms with Crippen molar-refractivity contribution in [1.29, 1.82) is 0 Å². The molecule has 0 bridgehead atoms. The average molecular weight is 254 g/mol. The van der Waals surface area contributed by atoms with E-state index >= 15 is 0 Å². The van der Waals surface area contributed by atoms with E-state index in [9.17, 15) is 4.79 Å². The average Bonchev–Trinajstić information content (AvgIpc) is 2.46. The Morgan fingerprint density at radius 2 is 1.84 bits per heavy atom. The number of hydrogen-bond acceptors (Lipinski definition) is 2. The molecule has 0 aliphatic rings. The van der Waals surface area contributed by atoms with Crippen LogP contribution in [0.2, 0.25) is 0 Å². The molecule has 1 amide bonds. The first-order valence-electron chi connectivity index (χ1n) is 6.46. The largest absolute Gasteiger partial charge is 0.335 e. The van der Waals surface area contributed by atoms with Crippen molar-refractivity contribution in [3.63, 3.8) is 0 Å². The van der Waals surface area contributed by atoms with Crippen LogP contribution in [-0.4, -0.2) is 22.3 Å².